The molecule has 0 radical (unpaired) electrons. The quantitative estimate of drug-likeness (QED) is 0.620. The first-order chi connectivity index (χ1) is 16.0. The Balaban J connectivity index is 1.55. The lowest BCUT2D eigenvalue weighted by Gasteiger charge is -2.32. The standard InChI is InChI=1S/C25H27F2N3O3/c1-2-33-25(32)18-6-5-13-29(15-18)16-24(31)30-23(20-7-3-4-8-21(20)27)14-22(28-30)17-9-11-19(26)12-10-17/h3-4,7-12,18,23H,2,5-6,13-16H2,1H3/t18-,23+/m1/s1. The second-order valence-corrected chi connectivity index (χ2v) is 8.36. The van der Waals surface area contributed by atoms with E-state index in [2.05, 4.69) is 5.10 Å². The van der Waals surface area contributed by atoms with Crippen molar-refractivity contribution in [2.75, 3.05) is 26.2 Å². The number of rotatable bonds is 6. The number of esters is 1. The van der Waals surface area contributed by atoms with E-state index < -0.39 is 11.9 Å². The summed E-state index contributed by atoms with van der Waals surface area (Å²) in [6, 6.07) is 11.6. The maximum Gasteiger partial charge on any atom is 0.310 e. The van der Waals surface area contributed by atoms with Crippen molar-refractivity contribution < 1.29 is 23.1 Å². The molecule has 0 aromatic heterocycles. The van der Waals surface area contributed by atoms with E-state index >= 15 is 0 Å². The molecule has 2 aliphatic rings. The Labute approximate surface area is 191 Å². The summed E-state index contributed by atoms with van der Waals surface area (Å²) in [5.74, 6) is -1.54. The van der Waals surface area contributed by atoms with Gasteiger partial charge in [-0.05, 0) is 50.1 Å². The van der Waals surface area contributed by atoms with Gasteiger partial charge in [-0.15, -0.1) is 0 Å². The first-order valence-electron chi connectivity index (χ1n) is 11.2. The summed E-state index contributed by atoms with van der Waals surface area (Å²) in [5.41, 5.74) is 1.67. The van der Waals surface area contributed by atoms with Crippen molar-refractivity contribution in [1.29, 1.82) is 0 Å². The first kappa shape index (κ1) is 23.0. The SMILES string of the molecule is CCOC(=O)[C@@H]1CCCN(CC(=O)N2N=C(c3ccc(F)cc3)C[C@H]2c2ccccc2F)C1. The molecule has 6 nitrogen and oxygen atoms in total. The molecule has 2 aromatic carbocycles. The minimum absolute atomic E-state index is 0.0705. The Morgan fingerprint density at radius 3 is 2.61 bits per heavy atom. The highest BCUT2D eigenvalue weighted by Gasteiger charge is 2.36. The summed E-state index contributed by atoms with van der Waals surface area (Å²) in [6.45, 7) is 3.30. The van der Waals surface area contributed by atoms with Crippen molar-refractivity contribution in [3.63, 3.8) is 0 Å². The number of benzene rings is 2. The molecule has 2 aromatic rings. The van der Waals surface area contributed by atoms with Crippen molar-refractivity contribution in [2.24, 2.45) is 11.0 Å². The van der Waals surface area contributed by atoms with E-state index in [4.69, 9.17) is 4.74 Å². The van der Waals surface area contributed by atoms with Crippen LogP contribution in [0.2, 0.25) is 0 Å². The number of carbonyl (C=O) groups excluding carboxylic acids is 2. The molecule has 0 aliphatic carbocycles. The summed E-state index contributed by atoms with van der Waals surface area (Å²) in [4.78, 5) is 27.4. The summed E-state index contributed by atoms with van der Waals surface area (Å²) >= 11 is 0. The van der Waals surface area contributed by atoms with Crippen LogP contribution in [0.4, 0.5) is 8.78 Å². The number of amides is 1. The van der Waals surface area contributed by atoms with E-state index in [1.54, 1.807) is 37.3 Å². The second kappa shape index (κ2) is 10.2. The molecule has 0 saturated carbocycles. The molecule has 4 rings (SSSR count). The lowest BCUT2D eigenvalue weighted by Crippen LogP contribution is -2.45. The zero-order valence-corrected chi connectivity index (χ0v) is 18.5. The number of hydrazone groups is 1. The van der Waals surface area contributed by atoms with E-state index in [0.29, 0.717) is 43.0 Å². The van der Waals surface area contributed by atoms with Crippen LogP contribution in [0.3, 0.4) is 0 Å². The van der Waals surface area contributed by atoms with E-state index in [1.165, 1.54) is 23.2 Å². The average Bonchev–Trinajstić information content (AvgIpc) is 3.25. The molecule has 2 aliphatic heterocycles. The molecule has 174 valence electrons. The van der Waals surface area contributed by atoms with Gasteiger partial charge in [0.2, 0.25) is 0 Å². The topological polar surface area (TPSA) is 62.2 Å². The van der Waals surface area contributed by atoms with Crippen LogP contribution in [0.25, 0.3) is 0 Å². The molecular formula is C25H27F2N3O3. The third-order valence-electron chi connectivity index (χ3n) is 6.09. The molecule has 0 bridgehead atoms. The number of carbonyl (C=O) groups is 2. The molecule has 0 spiro atoms. The third-order valence-corrected chi connectivity index (χ3v) is 6.09. The van der Waals surface area contributed by atoms with Crippen LogP contribution in [0.1, 0.15) is 43.4 Å². The summed E-state index contributed by atoms with van der Waals surface area (Å²) < 4.78 is 33.2. The zero-order valence-electron chi connectivity index (χ0n) is 18.5. The summed E-state index contributed by atoms with van der Waals surface area (Å²) in [6.07, 6.45) is 1.85. The number of hydrogen-bond acceptors (Lipinski definition) is 5. The molecule has 33 heavy (non-hydrogen) atoms. The number of ether oxygens (including phenoxy) is 1. The second-order valence-electron chi connectivity index (χ2n) is 8.36. The fourth-order valence-electron chi connectivity index (χ4n) is 4.46. The largest absolute Gasteiger partial charge is 0.466 e. The Kier molecular flexibility index (Phi) is 7.13. The predicted octanol–water partition coefficient (Wildman–Crippen LogP) is 3.92. The Hall–Kier alpha value is -3.13. The molecule has 1 saturated heterocycles. The Morgan fingerprint density at radius 2 is 1.88 bits per heavy atom. The van der Waals surface area contributed by atoms with Crippen molar-refractivity contribution in [1.82, 2.24) is 9.91 Å². The molecule has 1 fully saturated rings. The van der Waals surface area contributed by atoms with Gasteiger partial charge in [0.05, 0.1) is 30.8 Å². The van der Waals surface area contributed by atoms with Crippen LogP contribution < -0.4 is 0 Å². The van der Waals surface area contributed by atoms with Crippen molar-refractivity contribution in [3.05, 3.63) is 71.3 Å². The van der Waals surface area contributed by atoms with Crippen molar-refractivity contribution >= 4 is 17.6 Å². The predicted molar refractivity (Wildman–Crippen MR) is 119 cm³/mol. The fourth-order valence-corrected chi connectivity index (χ4v) is 4.46. The molecular weight excluding hydrogens is 428 g/mol. The van der Waals surface area contributed by atoms with Gasteiger partial charge in [0.1, 0.15) is 11.6 Å². The lowest BCUT2D eigenvalue weighted by atomic mass is 9.97. The molecule has 0 unspecified atom stereocenters. The molecule has 1 amide bonds. The highest BCUT2D eigenvalue weighted by atomic mass is 19.1. The van der Waals surface area contributed by atoms with Crippen molar-refractivity contribution in [2.45, 2.75) is 32.2 Å². The first-order valence-corrected chi connectivity index (χ1v) is 11.2. The van der Waals surface area contributed by atoms with E-state index in [-0.39, 0.29) is 30.2 Å². The maximum absolute atomic E-state index is 14.6. The monoisotopic (exact) mass is 455 g/mol. The highest BCUT2D eigenvalue weighted by molar-refractivity contribution is 6.03. The molecule has 0 N–H and O–H groups in total. The number of halogens is 2. The zero-order chi connectivity index (χ0) is 23.4. The molecule has 2 atom stereocenters. The van der Waals surface area contributed by atoms with Crippen LogP contribution in [-0.2, 0) is 14.3 Å². The minimum atomic E-state index is -0.593. The van der Waals surface area contributed by atoms with Crippen LogP contribution >= 0.6 is 0 Å². The molecule has 2 heterocycles. The fraction of sp³-hybridized carbons (Fsp3) is 0.400. The van der Waals surface area contributed by atoms with Gasteiger partial charge in [-0.25, -0.2) is 13.8 Å². The number of likely N-dealkylation sites (tertiary alicyclic amines) is 1. The number of piperidine rings is 1. The van der Waals surface area contributed by atoms with Crippen LogP contribution in [0, 0.1) is 17.6 Å². The molecule has 8 heteroatoms. The number of hydrogen-bond donors (Lipinski definition) is 0. The average molecular weight is 456 g/mol. The van der Waals surface area contributed by atoms with E-state index in [0.717, 1.165) is 12.8 Å². The van der Waals surface area contributed by atoms with Crippen LogP contribution in [0.15, 0.2) is 53.6 Å². The van der Waals surface area contributed by atoms with Crippen LogP contribution in [-0.4, -0.2) is 53.7 Å². The Bertz CT molecular complexity index is 1040. The smallest absolute Gasteiger partial charge is 0.310 e. The third kappa shape index (κ3) is 5.27. The van der Waals surface area contributed by atoms with Gasteiger partial charge >= 0.3 is 5.97 Å². The van der Waals surface area contributed by atoms with Gasteiger partial charge < -0.3 is 4.74 Å². The van der Waals surface area contributed by atoms with Crippen LogP contribution in [0.5, 0.6) is 0 Å². The van der Waals surface area contributed by atoms with Gasteiger partial charge in [-0.2, -0.15) is 5.10 Å². The van der Waals surface area contributed by atoms with Crippen molar-refractivity contribution in [3.8, 4) is 0 Å². The van der Waals surface area contributed by atoms with Gasteiger partial charge in [0.25, 0.3) is 5.91 Å². The number of nitrogens with zero attached hydrogens (tertiary/aromatic N) is 3. The van der Waals surface area contributed by atoms with Gasteiger partial charge in [0, 0.05) is 18.5 Å². The minimum Gasteiger partial charge on any atom is -0.466 e. The van der Waals surface area contributed by atoms with E-state index in [1.807, 2.05) is 4.90 Å². The maximum atomic E-state index is 14.6. The Morgan fingerprint density at radius 1 is 1.12 bits per heavy atom. The summed E-state index contributed by atoms with van der Waals surface area (Å²) in [7, 11) is 0. The van der Waals surface area contributed by atoms with Gasteiger partial charge in [-0.3, -0.25) is 14.5 Å². The summed E-state index contributed by atoms with van der Waals surface area (Å²) in [5, 5.41) is 5.87. The van der Waals surface area contributed by atoms with E-state index in [9.17, 15) is 18.4 Å². The lowest BCUT2D eigenvalue weighted by molar-refractivity contribution is -0.150. The van der Waals surface area contributed by atoms with Gasteiger partial charge in [-0.1, -0.05) is 30.3 Å². The highest BCUT2D eigenvalue weighted by Crippen LogP contribution is 2.34. The van der Waals surface area contributed by atoms with Gasteiger partial charge in [0.15, 0.2) is 0 Å². The normalized spacial score (nSPS) is 21.1.